The molecule has 0 saturated heterocycles. The first kappa shape index (κ1) is 13.7. The summed E-state index contributed by atoms with van der Waals surface area (Å²) < 4.78 is 19.9. The number of halogens is 1. The Balaban J connectivity index is 1.92. The third-order valence-electron chi connectivity index (χ3n) is 2.43. The molecular formula is C12H10FN3O4. The van der Waals surface area contributed by atoms with Gasteiger partial charge < -0.3 is 9.84 Å². The number of benzene rings is 1. The topological polar surface area (TPSA) is 94.3 Å². The van der Waals surface area contributed by atoms with E-state index in [2.05, 4.69) is 10.3 Å². The van der Waals surface area contributed by atoms with Crippen LogP contribution in [-0.4, -0.2) is 39.0 Å². The number of aldehydes is 1. The van der Waals surface area contributed by atoms with E-state index in [0.717, 1.165) is 6.07 Å². The van der Waals surface area contributed by atoms with Crippen LogP contribution in [0.15, 0.2) is 24.4 Å². The SMILES string of the molecule is O=Cc1ccc(OCCn2cc(C(=O)O)nn2)c(F)c1. The molecule has 0 atom stereocenters. The molecule has 0 aliphatic heterocycles. The first-order valence-electron chi connectivity index (χ1n) is 5.61. The third-order valence-corrected chi connectivity index (χ3v) is 2.43. The average molecular weight is 279 g/mol. The molecule has 1 aromatic heterocycles. The van der Waals surface area contributed by atoms with Gasteiger partial charge in [0.1, 0.15) is 12.9 Å². The lowest BCUT2D eigenvalue weighted by Gasteiger charge is -2.07. The number of hydrogen-bond acceptors (Lipinski definition) is 5. The fraction of sp³-hybridized carbons (Fsp3) is 0.167. The number of hydrogen-bond donors (Lipinski definition) is 1. The smallest absolute Gasteiger partial charge is 0.358 e. The predicted octanol–water partition coefficient (Wildman–Crippen LogP) is 1.01. The van der Waals surface area contributed by atoms with E-state index in [0.29, 0.717) is 6.29 Å². The molecule has 1 heterocycles. The summed E-state index contributed by atoms with van der Waals surface area (Å²) in [5.74, 6) is -1.80. The van der Waals surface area contributed by atoms with Crippen molar-refractivity contribution >= 4 is 12.3 Å². The minimum atomic E-state index is -1.17. The molecule has 0 amide bonds. The molecule has 0 unspecified atom stereocenters. The highest BCUT2D eigenvalue weighted by Crippen LogP contribution is 2.17. The zero-order chi connectivity index (χ0) is 14.5. The Morgan fingerprint density at radius 3 is 2.90 bits per heavy atom. The second kappa shape index (κ2) is 5.91. The van der Waals surface area contributed by atoms with Crippen molar-refractivity contribution in [2.75, 3.05) is 6.61 Å². The minimum Gasteiger partial charge on any atom is -0.489 e. The van der Waals surface area contributed by atoms with E-state index in [4.69, 9.17) is 9.84 Å². The third kappa shape index (κ3) is 3.16. The first-order valence-corrected chi connectivity index (χ1v) is 5.61. The van der Waals surface area contributed by atoms with Gasteiger partial charge in [0.25, 0.3) is 0 Å². The zero-order valence-corrected chi connectivity index (χ0v) is 10.2. The van der Waals surface area contributed by atoms with Crippen LogP contribution < -0.4 is 4.74 Å². The molecule has 0 saturated carbocycles. The van der Waals surface area contributed by atoms with Crippen LogP contribution in [0.25, 0.3) is 0 Å². The molecule has 0 aliphatic rings. The van der Waals surface area contributed by atoms with Gasteiger partial charge in [-0.25, -0.2) is 13.9 Å². The molecule has 20 heavy (non-hydrogen) atoms. The van der Waals surface area contributed by atoms with Gasteiger partial charge in [-0.05, 0) is 18.2 Å². The average Bonchev–Trinajstić information content (AvgIpc) is 2.89. The van der Waals surface area contributed by atoms with Gasteiger partial charge >= 0.3 is 5.97 Å². The Hall–Kier alpha value is -2.77. The van der Waals surface area contributed by atoms with E-state index < -0.39 is 11.8 Å². The molecule has 0 radical (unpaired) electrons. The van der Waals surface area contributed by atoms with Gasteiger partial charge in [0.15, 0.2) is 17.3 Å². The summed E-state index contributed by atoms with van der Waals surface area (Å²) in [5, 5.41) is 15.7. The molecular weight excluding hydrogens is 269 g/mol. The van der Waals surface area contributed by atoms with Crippen molar-refractivity contribution in [2.45, 2.75) is 6.54 Å². The van der Waals surface area contributed by atoms with Crippen molar-refractivity contribution < 1.29 is 23.8 Å². The summed E-state index contributed by atoms with van der Waals surface area (Å²) in [6.45, 7) is 0.301. The summed E-state index contributed by atoms with van der Waals surface area (Å²) in [7, 11) is 0. The maximum Gasteiger partial charge on any atom is 0.358 e. The van der Waals surface area contributed by atoms with E-state index in [1.54, 1.807) is 0 Å². The molecule has 2 rings (SSSR count). The van der Waals surface area contributed by atoms with Crippen molar-refractivity contribution in [3.63, 3.8) is 0 Å². The van der Waals surface area contributed by atoms with Gasteiger partial charge in [0.2, 0.25) is 0 Å². The fourth-order valence-electron chi connectivity index (χ4n) is 1.46. The maximum absolute atomic E-state index is 13.5. The number of carboxylic acids is 1. The molecule has 0 spiro atoms. The van der Waals surface area contributed by atoms with Gasteiger partial charge in [-0.3, -0.25) is 4.79 Å². The van der Waals surface area contributed by atoms with Crippen LogP contribution in [0.3, 0.4) is 0 Å². The number of nitrogens with zero attached hydrogens (tertiary/aromatic N) is 3. The normalized spacial score (nSPS) is 10.2. The highest BCUT2D eigenvalue weighted by Gasteiger charge is 2.08. The maximum atomic E-state index is 13.5. The lowest BCUT2D eigenvalue weighted by Crippen LogP contribution is -2.09. The molecule has 0 bridgehead atoms. The van der Waals surface area contributed by atoms with Crippen molar-refractivity contribution in [3.8, 4) is 5.75 Å². The van der Waals surface area contributed by atoms with E-state index in [1.165, 1.54) is 23.0 Å². The van der Waals surface area contributed by atoms with Crippen LogP contribution in [0.2, 0.25) is 0 Å². The van der Waals surface area contributed by atoms with E-state index in [9.17, 15) is 14.0 Å². The number of carbonyl (C=O) groups excluding carboxylic acids is 1. The number of carbonyl (C=O) groups is 2. The lowest BCUT2D eigenvalue weighted by atomic mass is 10.2. The van der Waals surface area contributed by atoms with Gasteiger partial charge in [0.05, 0.1) is 12.7 Å². The van der Waals surface area contributed by atoms with Crippen LogP contribution in [0.4, 0.5) is 4.39 Å². The second-order valence-electron chi connectivity index (χ2n) is 3.83. The van der Waals surface area contributed by atoms with Crippen LogP contribution in [0.5, 0.6) is 5.75 Å². The summed E-state index contributed by atoms with van der Waals surface area (Å²) in [5.41, 5.74) is 0.0451. The highest BCUT2D eigenvalue weighted by molar-refractivity contribution is 5.84. The Labute approximate surface area is 112 Å². The molecule has 8 heteroatoms. The Morgan fingerprint density at radius 2 is 2.30 bits per heavy atom. The Morgan fingerprint density at radius 1 is 1.50 bits per heavy atom. The fourth-order valence-corrected chi connectivity index (χ4v) is 1.46. The monoisotopic (exact) mass is 279 g/mol. The van der Waals surface area contributed by atoms with Gasteiger partial charge in [-0.1, -0.05) is 5.21 Å². The van der Waals surface area contributed by atoms with Crippen LogP contribution >= 0.6 is 0 Å². The summed E-state index contributed by atoms with van der Waals surface area (Å²) >= 11 is 0. The van der Waals surface area contributed by atoms with Crippen molar-refractivity contribution in [3.05, 3.63) is 41.5 Å². The second-order valence-corrected chi connectivity index (χ2v) is 3.83. The summed E-state index contributed by atoms with van der Waals surface area (Å²) in [6.07, 6.45) is 1.78. The zero-order valence-electron chi connectivity index (χ0n) is 10.2. The number of ether oxygens (including phenoxy) is 1. The summed E-state index contributed by atoms with van der Waals surface area (Å²) in [4.78, 5) is 21.0. The van der Waals surface area contributed by atoms with Crippen molar-refractivity contribution in [1.82, 2.24) is 15.0 Å². The summed E-state index contributed by atoms with van der Waals surface area (Å²) in [6, 6.07) is 3.85. The number of aromatic carboxylic acids is 1. The predicted molar refractivity (Wildman–Crippen MR) is 64.3 cm³/mol. The molecule has 1 aromatic carbocycles. The molecule has 7 nitrogen and oxygen atoms in total. The Kier molecular flexibility index (Phi) is 4.04. The lowest BCUT2D eigenvalue weighted by molar-refractivity contribution is 0.0690. The van der Waals surface area contributed by atoms with E-state index in [-0.39, 0.29) is 30.2 Å². The number of aromatic nitrogens is 3. The molecule has 0 aliphatic carbocycles. The van der Waals surface area contributed by atoms with E-state index in [1.807, 2.05) is 0 Å². The minimum absolute atomic E-state index is 0.00849. The van der Waals surface area contributed by atoms with Gasteiger partial charge in [-0.15, -0.1) is 5.10 Å². The van der Waals surface area contributed by atoms with Crippen molar-refractivity contribution in [1.29, 1.82) is 0 Å². The molecule has 2 aromatic rings. The van der Waals surface area contributed by atoms with Crippen LogP contribution in [-0.2, 0) is 6.54 Å². The van der Waals surface area contributed by atoms with Crippen molar-refractivity contribution in [2.24, 2.45) is 0 Å². The first-order chi connectivity index (χ1) is 9.60. The molecule has 0 fully saturated rings. The molecule has 1 N–H and O–H groups in total. The van der Waals surface area contributed by atoms with E-state index >= 15 is 0 Å². The van der Waals surface area contributed by atoms with Gasteiger partial charge in [0, 0.05) is 5.56 Å². The molecule has 104 valence electrons. The number of rotatable bonds is 6. The van der Waals surface area contributed by atoms with Crippen LogP contribution in [0, 0.1) is 5.82 Å². The largest absolute Gasteiger partial charge is 0.489 e. The number of carboxylic acid groups (broad SMARTS) is 1. The van der Waals surface area contributed by atoms with Crippen LogP contribution in [0.1, 0.15) is 20.8 Å². The highest BCUT2D eigenvalue weighted by atomic mass is 19.1. The standard InChI is InChI=1S/C12H10FN3O4/c13-9-5-8(7-17)1-2-11(9)20-4-3-16-6-10(12(18)19)14-15-16/h1-2,5-7H,3-4H2,(H,18,19). The van der Waals surface area contributed by atoms with Gasteiger partial charge in [-0.2, -0.15) is 0 Å². The quantitative estimate of drug-likeness (QED) is 0.793. The Bertz CT molecular complexity index is 641.